The highest BCUT2D eigenvalue weighted by Crippen LogP contribution is 2.29. The minimum absolute atomic E-state index is 0.0472. The van der Waals surface area contributed by atoms with Gasteiger partial charge in [-0.2, -0.15) is 0 Å². The van der Waals surface area contributed by atoms with Crippen LogP contribution in [0.2, 0.25) is 10.0 Å². The summed E-state index contributed by atoms with van der Waals surface area (Å²) in [6.45, 7) is 6.08. The fourth-order valence-corrected chi connectivity index (χ4v) is 2.35. The third-order valence-corrected chi connectivity index (χ3v) is 3.57. The predicted molar refractivity (Wildman–Crippen MR) is 75.0 cm³/mol. The molecule has 0 aliphatic carbocycles. The first kappa shape index (κ1) is 14.4. The van der Waals surface area contributed by atoms with Gasteiger partial charge in [-0.05, 0) is 25.1 Å². The Morgan fingerprint density at radius 2 is 2.18 bits per heavy atom. The van der Waals surface area contributed by atoms with Crippen molar-refractivity contribution >= 4 is 40.9 Å². The fourth-order valence-electron chi connectivity index (χ4n) is 1.03. The number of thioether (sulfide) groups is 1. The Labute approximate surface area is 115 Å². The summed E-state index contributed by atoms with van der Waals surface area (Å²) in [5, 5.41) is 3.97. The molecule has 1 aromatic rings. The molecule has 0 heterocycles. The van der Waals surface area contributed by atoms with E-state index in [0.29, 0.717) is 22.3 Å². The predicted octanol–water partition coefficient (Wildman–Crippen LogP) is 3.78. The lowest BCUT2D eigenvalue weighted by Gasteiger charge is -2.06. The summed E-state index contributed by atoms with van der Waals surface area (Å²) < 4.78 is 0. The Morgan fingerprint density at radius 1 is 1.47 bits per heavy atom. The van der Waals surface area contributed by atoms with Gasteiger partial charge in [0.2, 0.25) is 5.91 Å². The molecule has 0 unspecified atom stereocenters. The molecule has 2 nitrogen and oxygen atoms in total. The lowest BCUT2D eigenvalue weighted by molar-refractivity contribution is -0.118. The molecule has 17 heavy (non-hydrogen) atoms. The van der Waals surface area contributed by atoms with Gasteiger partial charge in [0.25, 0.3) is 0 Å². The maximum absolute atomic E-state index is 11.5. The van der Waals surface area contributed by atoms with E-state index in [1.807, 2.05) is 6.92 Å². The number of amides is 1. The topological polar surface area (TPSA) is 29.1 Å². The minimum Gasteiger partial charge on any atom is -0.352 e. The van der Waals surface area contributed by atoms with Crippen LogP contribution < -0.4 is 5.32 Å². The lowest BCUT2D eigenvalue weighted by Crippen LogP contribution is -2.26. The van der Waals surface area contributed by atoms with Gasteiger partial charge in [0.05, 0.1) is 10.8 Å². The second-order valence-electron chi connectivity index (χ2n) is 3.60. The first-order valence-electron chi connectivity index (χ1n) is 4.98. The van der Waals surface area contributed by atoms with Gasteiger partial charge in [-0.15, -0.1) is 11.8 Å². The Morgan fingerprint density at radius 3 is 2.82 bits per heavy atom. The maximum Gasteiger partial charge on any atom is 0.230 e. The second kappa shape index (κ2) is 6.94. The Bertz CT molecular complexity index is 435. The molecule has 92 valence electrons. The van der Waals surface area contributed by atoms with Crippen molar-refractivity contribution in [3.05, 3.63) is 40.4 Å². The number of hydrogen-bond donors (Lipinski definition) is 1. The molecule has 0 aliphatic rings. The van der Waals surface area contributed by atoms with Crippen LogP contribution in [0.4, 0.5) is 0 Å². The van der Waals surface area contributed by atoms with Crippen molar-refractivity contribution in [3.63, 3.8) is 0 Å². The Balaban J connectivity index is 2.47. The first-order valence-corrected chi connectivity index (χ1v) is 6.72. The molecule has 0 aromatic heterocycles. The molecule has 0 aliphatic heterocycles. The summed E-state index contributed by atoms with van der Waals surface area (Å²) in [4.78, 5) is 12.3. The fraction of sp³-hybridized carbons (Fsp3) is 0.250. The van der Waals surface area contributed by atoms with Crippen LogP contribution >= 0.6 is 35.0 Å². The number of nitrogens with one attached hydrogen (secondary N) is 1. The third kappa shape index (κ3) is 5.48. The van der Waals surface area contributed by atoms with Crippen LogP contribution in [0.5, 0.6) is 0 Å². The van der Waals surface area contributed by atoms with Crippen molar-refractivity contribution in [3.8, 4) is 0 Å². The van der Waals surface area contributed by atoms with E-state index in [4.69, 9.17) is 23.2 Å². The number of carbonyl (C=O) groups excluding carboxylic acids is 1. The van der Waals surface area contributed by atoms with Crippen LogP contribution in [0.25, 0.3) is 0 Å². The molecular weight excluding hydrogens is 277 g/mol. The molecular formula is C12H13Cl2NOS. The van der Waals surface area contributed by atoms with Gasteiger partial charge in [-0.3, -0.25) is 4.79 Å². The molecule has 0 atom stereocenters. The molecule has 1 rings (SSSR count). The number of benzene rings is 1. The van der Waals surface area contributed by atoms with Gasteiger partial charge in [-0.1, -0.05) is 35.4 Å². The summed E-state index contributed by atoms with van der Waals surface area (Å²) in [5.74, 6) is 0.266. The van der Waals surface area contributed by atoms with Crippen LogP contribution in [0.15, 0.2) is 35.2 Å². The average molecular weight is 290 g/mol. The summed E-state index contributed by atoms with van der Waals surface area (Å²) in [6.07, 6.45) is 0. The molecule has 0 saturated heterocycles. The van der Waals surface area contributed by atoms with Crippen LogP contribution in [0.3, 0.4) is 0 Å². The summed E-state index contributed by atoms with van der Waals surface area (Å²) in [7, 11) is 0. The molecule has 0 saturated carbocycles. The van der Waals surface area contributed by atoms with E-state index < -0.39 is 0 Å². The lowest BCUT2D eigenvalue weighted by atomic mass is 10.3. The zero-order valence-electron chi connectivity index (χ0n) is 9.43. The van der Waals surface area contributed by atoms with Crippen molar-refractivity contribution < 1.29 is 4.79 Å². The molecule has 1 N–H and O–H groups in total. The van der Waals surface area contributed by atoms with Crippen molar-refractivity contribution in [1.82, 2.24) is 5.32 Å². The van der Waals surface area contributed by atoms with Gasteiger partial charge in [0, 0.05) is 16.5 Å². The van der Waals surface area contributed by atoms with Crippen molar-refractivity contribution in [2.75, 3.05) is 12.3 Å². The van der Waals surface area contributed by atoms with Gasteiger partial charge >= 0.3 is 0 Å². The monoisotopic (exact) mass is 289 g/mol. The summed E-state index contributed by atoms with van der Waals surface area (Å²) in [6, 6.07) is 5.19. The number of carbonyl (C=O) groups is 1. The quantitative estimate of drug-likeness (QED) is 0.660. The zero-order chi connectivity index (χ0) is 12.8. The molecule has 0 fully saturated rings. The van der Waals surface area contributed by atoms with Crippen LogP contribution in [-0.2, 0) is 4.79 Å². The van der Waals surface area contributed by atoms with E-state index >= 15 is 0 Å². The van der Waals surface area contributed by atoms with E-state index in [1.165, 1.54) is 11.8 Å². The standard InChI is InChI=1S/C12H13Cl2NOS/c1-8(2)6-15-12(16)7-17-11-5-9(13)3-4-10(11)14/h3-5H,1,6-7H2,2H3,(H,15,16). The van der Waals surface area contributed by atoms with Crippen molar-refractivity contribution in [2.24, 2.45) is 0 Å². The molecule has 5 heteroatoms. The highest BCUT2D eigenvalue weighted by atomic mass is 35.5. The molecule has 1 amide bonds. The highest BCUT2D eigenvalue weighted by molar-refractivity contribution is 8.00. The SMILES string of the molecule is C=C(C)CNC(=O)CSc1cc(Cl)ccc1Cl. The van der Waals surface area contributed by atoms with Crippen LogP contribution in [0.1, 0.15) is 6.92 Å². The normalized spacial score (nSPS) is 10.1. The van der Waals surface area contributed by atoms with E-state index in [-0.39, 0.29) is 5.91 Å². The number of hydrogen-bond acceptors (Lipinski definition) is 2. The molecule has 0 radical (unpaired) electrons. The minimum atomic E-state index is -0.0472. The van der Waals surface area contributed by atoms with Crippen LogP contribution in [-0.4, -0.2) is 18.2 Å². The van der Waals surface area contributed by atoms with E-state index in [2.05, 4.69) is 11.9 Å². The second-order valence-corrected chi connectivity index (χ2v) is 5.46. The smallest absolute Gasteiger partial charge is 0.230 e. The molecule has 1 aromatic carbocycles. The van der Waals surface area contributed by atoms with Gasteiger partial charge in [0.1, 0.15) is 0 Å². The first-order chi connectivity index (χ1) is 7.99. The van der Waals surface area contributed by atoms with Crippen molar-refractivity contribution in [2.45, 2.75) is 11.8 Å². The summed E-state index contributed by atoms with van der Waals surface area (Å²) in [5.41, 5.74) is 0.920. The van der Waals surface area contributed by atoms with Crippen molar-refractivity contribution in [1.29, 1.82) is 0 Å². The maximum atomic E-state index is 11.5. The van der Waals surface area contributed by atoms with E-state index in [0.717, 1.165) is 10.5 Å². The van der Waals surface area contributed by atoms with Crippen LogP contribution in [0, 0.1) is 0 Å². The van der Waals surface area contributed by atoms with Gasteiger partial charge in [-0.25, -0.2) is 0 Å². The largest absolute Gasteiger partial charge is 0.352 e. The third-order valence-electron chi connectivity index (χ3n) is 1.84. The average Bonchev–Trinajstić information content (AvgIpc) is 2.27. The van der Waals surface area contributed by atoms with E-state index in [1.54, 1.807) is 18.2 Å². The van der Waals surface area contributed by atoms with Gasteiger partial charge in [0.15, 0.2) is 0 Å². The highest BCUT2D eigenvalue weighted by Gasteiger charge is 2.06. The van der Waals surface area contributed by atoms with Gasteiger partial charge < -0.3 is 5.32 Å². The molecule has 0 spiro atoms. The Hall–Kier alpha value is -0.640. The molecule has 0 bridgehead atoms. The summed E-state index contributed by atoms with van der Waals surface area (Å²) >= 11 is 13.2. The number of halogens is 2. The van der Waals surface area contributed by atoms with E-state index in [9.17, 15) is 4.79 Å². The number of rotatable bonds is 5. The zero-order valence-corrected chi connectivity index (χ0v) is 11.8. The Kier molecular flexibility index (Phi) is 5.89.